The van der Waals surface area contributed by atoms with Crippen molar-refractivity contribution < 1.29 is 4.79 Å². The third-order valence-corrected chi connectivity index (χ3v) is 7.24. The Bertz CT molecular complexity index is 1230. The summed E-state index contributed by atoms with van der Waals surface area (Å²) < 4.78 is 0.978. The molecule has 5 nitrogen and oxygen atoms in total. The zero-order chi connectivity index (χ0) is 21.6. The lowest BCUT2D eigenvalue weighted by molar-refractivity contribution is -0.110. The quantitative estimate of drug-likeness (QED) is 0.454. The number of rotatable bonds is 3. The van der Waals surface area contributed by atoms with E-state index in [-0.39, 0.29) is 5.78 Å². The normalized spacial score (nSPS) is 19.8. The van der Waals surface area contributed by atoms with E-state index in [4.69, 9.17) is 10.2 Å². The molecule has 1 atom stereocenters. The van der Waals surface area contributed by atoms with Crippen LogP contribution in [-0.4, -0.2) is 16.5 Å². The molecule has 154 valence electrons. The molecule has 0 bridgehead atoms. The van der Waals surface area contributed by atoms with Gasteiger partial charge >= 0.3 is 0 Å². The molecule has 3 aromatic carbocycles. The molecular weight excluding hydrogens is 472 g/mol. The Kier molecular flexibility index (Phi) is 4.95. The molecule has 31 heavy (non-hydrogen) atoms. The van der Waals surface area contributed by atoms with Crippen LogP contribution in [0.4, 0.5) is 11.4 Å². The maximum atomic E-state index is 12.5. The average Bonchev–Trinajstić information content (AvgIpc) is 3.19. The highest BCUT2D eigenvalue weighted by atomic mass is 79.9. The van der Waals surface area contributed by atoms with Gasteiger partial charge in [0.1, 0.15) is 0 Å². The van der Waals surface area contributed by atoms with Crippen molar-refractivity contribution in [1.29, 1.82) is 0 Å². The van der Waals surface area contributed by atoms with Gasteiger partial charge in [-0.3, -0.25) is 4.79 Å². The number of carbonyl (C=O) groups is 1. The third-order valence-electron chi connectivity index (χ3n) is 5.29. The molecule has 3 aromatic rings. The Labute approximate surface area is 193 Å². The van der Waals surface area contributed by atoms with Gasteiger partial charge in [0, 0.05) is 22.5 Å². The number of thioether (sulfide) groups is 1. The molecule has 2 heterocycles. The Morgan fingerprint density at radius 2 is 1.48 bits per heavy atom. The number of hydrogen-bond donors (Lipinski definition) is 0. The fourth-order valence-electron chi connectivity index (χ4n) is 3.89. The molecule has 0 saturated carbocycles. The largest absolute Gasteiger partial charge is 0.292 e. The molecule has 7 heteroatoms. The Balaban J connectivity index is 1.81. The van der Waals surface area contributed by atoms with Crippen LogP contribution in [0, 0.1) is 0 Å². The first-order valence-corrected chi connectivity index (χ1v) is 11.5. The maximum Gasteiger partial charge on any atom is 0.234 e. The van der Waals surface area contributed by atoms with E-state index in [1.54, 1.807) is 6.92 Å². The van der Waals surface area contributed by atoms with Gasteiger partial charge in [-0.25, -0.2) is 10.0 Å². The Hall–Kier alpha value is -2.90. The number of halogens is 1. The highest BCUT2D eigenvalue weighted by molar-refractivity contribution is 9.10. The second-order valence-electron chi connectivity index (χ2n) is 7.34. The van der Waals surface area contributed by atoms with Crippen LogP contribution in [0.1, 0.15) is 25.0 Å². The van der Waals surface area contributed by atoms with Gasteiger partial charge in [-0.15, -0.1) is 0 Å². The maximum absolute atomic E-state index is 12.5. The summed E-state index contributed by atoms with van der Waals surface area (Å²) >= 11 is 4.94. The summed E-state index contributed by atoms with van der Waals surface area (Å²) in [5, 5.41) is 14.2. The molecule has 0 amide bonds. The summed E-state index contributed by atoms with van der Waals surface area (Å²) in [6, 6.07) is 26.2. The van der Waals surface area contributed by atoms with E-state index in [1.165, 1.54) is 11.8 Å². The number of Topliss-reactive ketones (excluding diaryl/α,β-unsaturated/α-hetero) is 1. The van der Waals surface area contributed by atoms with Crippen LogP contribution in [0.15, 0.2) is 93.5 Å². The van der Waals surface area contributed by atoms with Gasteiger partial charge in [-0.1, -0.05) is 58.4 Å². The molecular formula is C24H19BrN4OS. The molecule has 0 fully saturated rings. The summed E-state index contributed by atoms with van der Waals surface area (Å²) in [6.45, 7) is 3.57. The van der Waals surface area contributed by atoms with E-state index < -0.39 is 4.99 Å². The molecule has 0 saturated heterocycles. The summed E-state index contributed by atoms with van der Waals surface area (Å²) in [5.74, 6) is -0.0687. The van der Waals surface area contributed by atoms with Crippen molar-refractivity contribution in [3.8, 4) is 0 Å². The molecule has 0 N–H and O–H groups in total. The van der Waals surface area contributed by atoms with E-state index in [2.05, 4.69) is 28.1 Å². The van der Waals surface area contributed by atoms with E-state index in [9.17, 15) is 4.79 Å². The molecule has 0 radical (unpaired) electrons. The first kappa shape index (κ1) is 20.0. The van der Waals surface area contributed by atoms with Gasteiger partial charge in [0.15, 0.2) is 10.8 Å². The topological polar surface area (TPSA) is 48.3 Å². The number of anilines is 2. The number of para-hydroxylation sites is 1. The first-order valence-electron chi connectivity index (χ1n) is 9.85. The summed E-state index contributed by atoms with van der Waals surface area (Å²) in [7, 11) is 0. The predicted octanol–water partition coefficient (Wildman–Crippen LogP) is 5.96. The second-order valence-corrected chi connectivity index (χ2v) is 9.41. The molecule has 1 unspecified atom stereocenters. The number of hydrazone groups is 2. The van der Waals surface area contributed by atoms with Gasteiger partial charge in [0.05, 0.1) is 17.1 Å². The minimum atomic E-state index is -0.869. The summed E-state index contributed by atoms with van der Waals surface area (Å²) in [5.41, 5.74) is 4.80. The monoisotopic (exact) mass is 490 g/mol. The van der Waals surface area contributed by atoms with Crippen LogP contribution < -0.4 is 10.0 Å². The standard InChI is InChI=1S/C24H19BrN4OS/c1-16-21-10-6-7-11-22(21)24(28(26-16)19-8-4-3-5-9-19)29(27-23(31-24)17(2)30)20-14-12-18(25)13-15-20/h3-15H,1-2H3. The predicted molar refractivity (Wildman–Crippen MR) is 132 cm³/mol. The van der Waals surface area contributed by atoms with Crippen LogP contribution in [0.25, 0.3) is 0 Å². The SMILES string of the molecule is CC(=O)C1=NN(c2ccc(Br)cc2)C2(S1)c1ccccc1C(C)=NN2c1ccccc1. The third kappa shape index (κ3) is 3.20. The summed E-state index contributed by atoms with van der Waals surface area (Å²) in [4.78, 5) is 11.6. The zero-order valence-corrected chi connectivity index (χ0v) is 19.4. The lowest BCUT2D eigenvalue weighted by Crippen LogP contribution is -2.53. The van der Waals surface area contributed by atoms with Gasteiger partial charge in [0.25, 0.3) is 0 Å². The number of benzene rings is 3. The van der Waals surface area contributed by atoms with Crippen molar-refractivity contribution in [2.75, 3.05) is 10.0 Å². The van der Waals surface area contributed by atoms with E-state index in [0.29, 0.717) is 5.04 Å². The van der Waals surface area contributed by atoms with E-state index in [0.717, 1.165) is 32.7 Å². The number of ketones is 1. The van der Waals surface area contributed by atoms with Crippen molar-refractivity contribution in [3.63, 3.8) is 0 Å². The van der Waals surface area contributed by atoms with Crippen LogP contribution in [0.5, 0.6) is 0 Å². The molecule has 0 aliphatic carbocycles. The van der Waals surface area contributed by atoms with Gasteiger partial charge in [-0.05, 0) is 55.1 Å². The number of hydrogen-bond acceptors (Lipinski definition) is 6. The second kappa shape index (κ2) is 7.66. The minimum Gasteiger partial charge on any atom is -0.292 e. The highest BCUT2D eigenvalue weighted by Crippen LogP contribution is 2.54. The molecule has 5 rings (SSSR count). The van der Waals surface area contributed by atoms with Crippen molar-refractivity contribution in [2.45, 2.75) is 18.8 Å². The fraction of sp³-hybridized carbons (Fsp3) is 0.125. The molecule has 0 aromatic heterocycles. The molecule has 2 aliphatic heterocycles. The lowest BCUT2D eigenvalue weighted by atomic mass is 9.98. The number of carbonyl (C=O) groups excluding carboxylic acids is 1. The zero-order valence-electron chi connectivity index (χ0n) is 17.0. The van der Waals surface area contributed by atoms with Crippen molar-refractivity contribution in [3.05, 3.63) is 94.5 Å². The van der Waals surface area contributed by atoms with Crippen molar-refractivity contribution in [1.82, 2.24) is 0 Å². The number of fused-ring (bicyclic) bond motifs is 2. The highest BCUT2D eigenvalue weighted by Gasteiger charge is 2.55. The average molecular weight is 491 g/mol. The van der Waals surface area contributed by atoms with E-state index >= 15 is 0 Å². The van der Waals surface area contributed by atoms with Crippen LogP contribution in [-0.2, 0) is 9.79 Å². The van der Waals surface area contributed by atoms with Crippen LogP contribution in [0.2, 0.25) is 0 Å². The fourth-order valence-corrected chi connectivity index (χ4v) is 5.44. The Morgan fingerprint density at radius 3 is 2.19 bits per heavy atom. The lowest BCUT2D eigenvalue weighted by Gasteiger charge is -2.46. The van der Waals surface area contributed by atoms with Crippen molar-refractivity contribution >= 4 is 55.6 Å². The number of nitrogens with zero attached hydrogens (tertiary/aromatic N) is 4. The first-order chi connectivity index (χ1) is 15.0. The van der Waals surface area contributed by atoms with Crippen LogP contribution >= 0.6 is 27.7 Å². The van der Waals surface area contributed by atoms with Crippen LogP contribution in [0.3, 0.4) is 0 Å². The molecule has 2 aliphatic rings. The molecule has 1 spiro atoms. The summed E-state index contributed by atoms with van der Waals surface area (Å²) in [6.07, 6.45) is 0. The van der Waals surface area contributed by atoms with E-state index in [1.807, 2.05) is 83.7 Å². The smallest absolute Gasteiger partial charge is 0.234 e. The van der Waals surface area contributed by atoms with Gasteiger partial charge < -0.3 is 0 Å². The van der Waals surface area contributed by atoms with Crippen molar-refractivity contribution in [2.24, 2.45) is 10.2 Å². The van der Waals surface area contributed by atoms with Gasteiger partial charge in [0.2, 0.25) is 4.99 Å². The van der Waals surface area contributed by atoms with Gasteiger partial charge in [-0.2, -0.15) is 10.2 Å². The minimum absolute atomic E-state index is 0.0687. The Morgan fingerprint density at radius 1 is 0.871 bits per heavy atom.